The van der Waals surface area contributed by atoms with Crippen LogP contribution in [0.15, 0.2) is 145 Å². The second-order valence-electron chi connectivity index (χ2n) is 12.5. The Morgan fingerprint density at radius 1 is 0.533 bits per heavy atom. The highest BCUT2D eigenvalue weighted by Gasteiger charge is 2.23. The van der Waals surface area contributed by atoms with Gasteiger partial charge < -0.3 is 4.90 Å². The van der Waals surface area contributed by atoms with E-state index in [9.17, 15) is 0 Å². The zero-order chi connectivity index (χ0) is 29.9. The SMILES string of the molecule is Cc1ccc(N(c2ccc(C=C3C=CCCC3)cc2)c2c3ccccc3c3c4cccc5cccc(c6cccc2c63)c54)cc1. The normalized spacial score (nSPS) is 14.5. The zero-order valence-corrected chi connectivity index (χ0v) is 25.4. The minimum atomic E-state index is 1.15. The molecule has 0 heterocycles. The lowest BCUT2D eigenvalue weighted by atomic mass is 9.86. The first-order valence-electron chi connectivity index (χ1n) is 16.1. The van der Waals surface area contributed by atoms with E-state index in [0.29, 0.717) is 0 Å². The summed E-state index contributed by atoms with van der Waals surface area (Å²) in [7, 11) is 0. The fraction of sp³-hybridized carbons (Fsp3) is 0.0909. The highest BCUT2D eigenvalue weighted by molar-refractivity contribution is 6.40. The van der Waals surface area contributed by atoms with E-state index >= 15 is 0 Å². The van der Waals surface area contributed by atoms with Gasteiger partial charge in [0.05, 0.1) is 5.69 Å². The molecule has 8 aromatic rings. The minimum absolute atomic E-state index is 1.15. The molecular formula is C44H33N. The number of anilines is 3. The predicted molar refractivity (Wildman–Crippen MR) is 196 cm³/mol. The van der Waals surface area contributed by atoms with Crippen LogP contribution in [0.2, 0.25) is 0 Å². The molecule has 0 spiro atoms. The summed E-state index contributed by atoms with van der Waals surface area (Å²) in [6.45, 7) is 2.16. The summed E-state index contributed by atoms with van der Waals surface area (Å²) in [6.07, 6.45) is 10.5. The van der Waals surface area contributed by atoms with Crippen LogP contribution in [0.3, 0.4) is 0 Å². The van der Waals surface area contributed by atoms with Crippen LogP contribution in [0.1, 0.15) is 30.4 Å². The number of fused-ring (bicyclic) bond motifs is 4. The molecule has 0 saturated carbocycles. The topological polar surface area (TPSA) is 3.24 Å². The zero-order valence-electron chi connectivity index (χ0n) is 25.4. The first-order valence-corrected chi connectivity index (χ1v) is 16.1. The Hall–Kier alpha value is -5.40. The van der Waals surface area contributed by atoms with Gasteiger partial charge in [-0.25, -0.2) is 0 Å². The van der Waals surface area contributed by atoms with Crippen molar-refractivity contribution in [3.8, 4) is 0 Å². The van der Waals surface area contributed by atoms with Gasteiger partial charge in [-0.2, -0.15) is 0 Å². The number of benzene rings is 8. The van der Waals surface area contributed by atoms with Crippen LogP contribution in [0.4, 0.5) is 17.1 Å². The van der Waals surface area contributed by atoms with Crippen molar-refractivity contribution in [2.75, 3.05) is 4.90 Å². The molecule has 0 radical (unpaired) electrons. The molecule has 1 heteroatoms. The van der Waals surface area contributed by atoms with Crippen LogP contribution in [-0.4, -0.2) is 0 Å². The van der Waals surface area contributed by atoms with Crippen LogP contribution >= 0.6 is 0 Å². The standard InChI is InChI=1S/C44H33N/c1-29-20-24-33(25-21-29)45(34-26-22-31(23-27-34)28-30-10-3-2-4-11-30)44-38-15-6-5-14-37(38)42-39-18-8-13-32-12-7-16-35(41(32)39)36-17-9-19-40(44)43(36)42/h3,5-10,12-28H,2,4,11H2,1H3. The lowest BCUT2D eigenvalue weighted by Gasteiger charge is -2.30. The van der Waals surface area contributed by atoms with Crippen LogP contribution < -0.4 is 4.90 Å². The van der Waals surface area contributed by atoms with Gasteiger partial charge >= 0.3 is 0 Å². The Labute approximate surface area is 263 Å². The third-order valence-corrected chi connectivity index (χ3v) is 9.67. The largest absolute Gasteiger partial charge is 0.309 e. The Morgan fingerprint density at radius 2 is 1.11 bits per heavy atom. The summed E-state index contributed by atoms with van der Waals surface area (Å²) in [4.78, 5) is 2.48. The van der Waals surface area contributed by atoms with Crippen molar-refractivity contribution in [3.05, 3.63) is 156 Å². The van der Waals surface area contributed by atoms with E-state index in [4.69, 9.17) is 0 Å². The summed E-state index contributed by atoms with van der Waals surface area (Å²) in [5.74, 6) is 0. The third kappa shape index (κ3) is 4.15. The summed E-state index contributed by atoms with van der Waals surface area (Å²) < 4.78 is 0. The highest BCUT2D eigenvalue weighted by atomic mass is 15.1. The molecule has 1 aliphatic carbocycles. The van der Waals surface area contributed by atoms with Gasteiger partial charge in [0.1, 0.15) is 0 Å². The maximum Gasteiger partial charge on any atom is 0.0619 e. The maximum absolute atomic E-state index is 2.48. The summed E-state index contributed by atoms with van der Waals surface area (Å²) in [6, 6.07) is 47.5. The van der Waals surface area contributed by atoms with E-state index in [0.717, 1.165) is 17.8 Å². The van der Waals surface area contributed by atoms with Crippen molar-refractivity contribution in [1.29, 1.82) is 0 Å². The molecular weight excluding hydrogens is 542 g/mol. The Bertz CT molecular complexity index is 2440. The van der Waals surface area contributed by atoms with Crippen molar-refractivity contribution < 1.29 is 0 Å². The van der Waals surface area contributed by atoms with E-state index in [-0.39, 0.29) is 0 Å². The Kier molecular flexibility index (Phi) is 5.99. The first-order chi connectivity index (χ1) is 22.2. The molecule has 1 aliphatic rings. The Balaban J connectivity index is 1.38. The van der Waals surface area contributed by atoms with Gasteiger partial charge in [-0.1, -0.05) is 127 Å². The smallest absolute Gasteiger partial charge is 0.0619 e. The number of hydrogen-bond donors (Lipinski definition) is 0. The van der Waals surface area contributed by atoms with Gasteiger partial charge in [0.2, 0.25) is 0 Å². The molecule has 214 valence electrons. The first kappa shape index (κ1) is 26.0. The summed E-state index contributed by atoms with van der Waals surface area (Å²) in [5, 5.41) is 13.1. The van der Waals surface area contributed by atoms with E-state index in [1.54, 1.807) is 0 Å². The molecule has 0 aromatic heterocycles. The van der Waals surface area contributed by atoms with Gasteiger partial charge in [0.15, 0.2) is 0 Å². The molecule has 0 aliphatic heterocycles. The van der Waals surface area contributed by atoms with Gasteiger partial charge in [-0.3, -0.25) is 0 Å². The molecule has 0 bridgehead atoms. The van der Waals surface area contributed by atoms with Crippen molar-refractivity contribution in [1.82, 2.24) is 0 Å². The van der Waals surface area contributed by atoms with Crippen LogP contribution in [0.25, 0.3) is 59.9 Å². The van der Waals surface area contributed by atoms with E-state index < -0.39 is 0 Å². The number of hydrogen-bond acceptors (Lipinski definition) is 1. The minimum Gasteiger partial charge on any atom is -0.309 e. The molecule has 0 fully saturated rings. The van der Waals surface area contributed by atoms with Crippen LogP contribution in [0, 0.1) is 6.92 Å². The van der Waals surface area contributed by atoms with Gasteiger partial charge in [-0.05, 0) is 99.3 Å². The van der Waals surface area contributed by atoms with Crippen molar-refractivity contribution in [2.45, 2.75) is 26.2 Å². The number of rotatable bonds is 4. The monoisotopic (exact) mass is 575 g/mol. The van der Waals surface area contributed by atoms with Gasteiger partial charge in [-0.15, -0.1) is 0 Å². The molecule has 0 amide bonds. The third-order valence-electron chi connectivity index (χ3n) is 9.67. The number of nitrogens with zero attached hydrogens (tertiary/aromatic N) is 1. The average molecular weight is 576 g/mol. The van der Waals surface area contributed by atoms with E-state index in [2.05, 4.69) is 157 Å². The van der Waals surface area contributed by atoms with Gasteiger partial charge in [0.25, 0.3) is 0 Å². The lowest BCUT2D eigenvalue weighted by molar-refractivity contribution is 0.825. The molecule has 0 atom stereocenters. The van der Waals surface area contributed by atoms with Crippen LogP contribution in [0.5, 0.6) is 0 Å². The molecule has 0 saturated heterocycles. The second-order valence-corrected chi connectivity index (χ2v) is 12.5. The molecule has 0 N–H and O–H groups in total. The molecule has 8 aromatic carbocycles. The summed E-state index contributed by atoms with van der Waals surface area (Å²) >= 11 is 0. The number of allylic oxidation sites excluding steroid dienone is 3. The van der Waals surface area contributed by atoms with Crippen molar-refractivity contribution in [2.24, 2.45) is 0 Å². The molecule has 45 heavy (non-hydrogen) atoms. The van der Waals surface area contributed by atoms with Crippen molar-refractivity contribution >= 4 is 77.0 Å². The van der Waals surface area contributed by atoms with Crippen LogP contribution in [-0.2, 0) is 0 Å². The molecule has 0 unspecified atom stereocenters. The predicted octanol–water partition coefficient (Wildman–Crippen LogP) is 12.8. The molecule has 9 rings (SSSR count). The van der Waals surface area contributed by atoms with Gasteiger partial charge in [0, 0.05) is 27.5 Å². The lowest BCUT2D eigenvalue weighted by Crippen LogP contribution is -2.11. The van der Waals surface area contributed by atoms with E-state index in [1.807, 2.05) is 0 Å². The maximum atomic E-state index is 2.48. The molecule has 1 nitrogen and oxygen atoms in total. The number of aryl methyl sites for hydroxylation is 1. The fourth-order valence-electron chi connectivity index (χ4n) is 7.62. The van der Waals surface area contributed by atoms with E-state index in [1.165, 1.54) is 89.1 Å². The summed E-state index contributed by atoms with van der Waals surface area (Å²) in [5.41, 5.74) is 7.45. The average Bonchev–Trinajstić information content (AvgIpc) is 3.09. The Morgan fingerprint density at radius 3 is 1.84 bits per heavy atom. The fourth-order valence-corrected chi connectivity index (χ4v) is 7.62. The van der Waals surface area contributed by atoms with Crippen molar-refractivity contribution in [3.63, 3.8) is 0 Å². The second kappa shape index (κ2) is 10.4. The highest BCUT2D eigenvalue weighted by Crippen LogP contribution is 2.50. The quantitative estimate of drug-likeness (QED) is 0.149.